The first-order valence-electron chi connectivity index (χ1n) is 6.65. The van der Waals surface area contributed by atoms with Crippen LogP contribution in [0.25, 0.3) is 0 Å². The molecule has 0 saturated heterocycles. The maximum atomic E-state index is 13.3. The molecule has 0 aliphatic rings. The molecule has 2 nitrogen and oxygen atoms in total. The molecule has 1 rings (SSSR count). The van der Waals surface area contributed by atoms with Crippen LogP contribution >= 0.6 is 0 Å². The number of nitrogens with one attached hydrogen (secondary N) is 1. The van der Waals surface area contributed by atoms with Crippen molar-refractivity contribution in [3.8, 4) is 0 Å². The minimum absolute atomic E-state index is 0.0942. The average molecular weight is 253 g/mol. The Morgan fingerprint density at radius 1 is 1.22 bits per heavy atom. The molecule has 102 valence electrons. The van der Waals surface area contributed by atoms with E-state index in [1.807, 2.05) is 13.0 Å². The van der Waals surface area contributed by atoms with Gasteiger partial charge in [0.2, 0.25) is 0 Å². The van der Waals surface area contributed by atoms with Crippen LogP contribution in [-0.2, 0) is 11.3 Å². The summed E-state index contributed by atoms with van der Waals surface area (Å²) in [5.41, 5.74) is 0.617. The predicted octanol–water partition coefficient (Wildman–Crippen LogP) is 3.37. The van der Waals surface area contributed by atoms with E-state index in [0.717, 1.165) is 13.1 Å². The SMILES string of the molecule is CC(C)CCNCC(C)OCc1ccccc1F. The average Bonchev–Trinajstić information content (AvgIpc) is 2.33. The Balaban J connectivity index is 2.17. The Morgan fingerprint density at radius 3 is 2.61 bits per heavy atom. The summed E-state index contributed by atoms with van der Waals surface area (Å²) < 4.78 is 19.0. The largest absolute Gasteiger partial charge is 0.372 e. The van der Waals surface area contributed by atoms with Crippen molar-refractivity contribution in [2.75, 3.05) is 13.1 Å². The Labute approximate surface area is 110 Å². The van der Waals surface area contributed by atoms with Gasteiger partial charge in [-0.05, 0) is 31.9 Å². The molecule has 3 heteroatoms. The Bertz CT molecular complexity index is 341. The standard InChI is InChI=1S/C15H24FNO/c1-12(2)8-9-17-10-13(3)18-11-14-6-4-5-7-15(14)16/h4-7,12-13,17H,8-11H2,1-3H3. The quantitative estimate of drug-likeness (QED) is 0.717. The third-order valence-corrected chi connectivity index (χ3v) is 2.81. The highest BCUT2D eigenvalue weighted by molar-refractivity contribution is 5.16. The van der Waals surface area contributed by atoms with Crippen molar-refractivity contribution in [2.45, 2.75) is 39.9 Å². The third-order valence-electron chi connectivity index (χ3n) is 2.81. The second-order valence-corrected chi connectivity index (χ2v) is 5.10. The van der Waals surface area contributed by atoms with E-state index in [9.17, 15) is 4.39 Å². The van der Waals surface area contributed by atoms with Gasteiger partial charge in [0.25, 0.3) is 0 Å². The molecule has 1 aromatic rings. The van der Waals surface area contributed by atoms with Crippen LogP contribution in [0.5, 0.6) is 0 Å². The first kappa shape index (κ1) is 15.1. The summed E-state index contributed by atoms with van der Waals surface area (Å²) in [6, 6.07) is 6.74. The number of rotatable bonds is 8. The molecule has 1 N–H and O–H groups in total. The molecule has 0 aliphatic heterocycles. The molecule has 18 heavy (non-hydrogen) atoms. The minimum atomic E-state index is -0.197. The van der Waals surface area contributed by atoms with Crippen LogP contribution in [0.4, 0.5) is 4.39 Å². The fraction of sp³-hybridized carbons (Fsp3) is 0.600. The normalized spacial score (nSPS) is 12.9. The smallest absolute Gasteiger partial charge is 0.128 e. The van der Waals surface area contributed by atoms with Gasteiger partial charge in [0, 0.05) is 12.1 Å². The summed E-state index contributed by atoms with van der Waals surface area (Å²) in [6.07, 6.45) is 1.26. The zero-order valence-corrected chi connectivity index (χ0v) is 11.6. The summed E-state index contributed by atoms with van der Waals surface area (Å²) in [4.78, 5) is 0. The monoisotopic (exact) mass is 253 g/mol. The highest BCUT2D eigenvalue weighted by Gasteiger charge is 2.05. The molecule has 0 heterocycles. The number of halogens is 1. The van der Waals surface area contributed by atoms with Crippen LogP contribution in [0.3, 0.4) is 0 Å². The lowest BCUT2D eigenvalue weighted by Crippen LogP contribution is -2.28. The van der Waals surface area contributed by atoms with Crippen molar-refractivity contribution in [1.82, 2.24) is 5.32 Å². The van der Waals surface area contributed by atoms with E-state index < -0.39 is 0 Å². The second kappa shape index (κ2) is 8.22. The highest BCUT2D eigenvalue weighted by atomic mass is 19.1. The van der Waals surface area contributed by atoms with Crippen LogP contribution < -0.4 is 5.32 Å². The number of benzene rings is 1. The van der Waals surface area contributed by atoms with Gasteiger partial charge in [-0.25, -0.2) is 4.39 Å². The van der Waals surface area contributed by atoms with Gasteiger partial charge in [-0.1, -0.05) is 32.0 Å². The molecule has 0 bridgehead atoms. The van der Waals surface area contributed by atoms with Crippen LogP contribution in [-0.4, -0.2) is 19.2 Å². The van der Waals surface area contributed by atoms with E-state index >= 15 is 0 Å². The lowest BCUT2D eigenvalue weighted by atomic mass is 10.1. The van der Waals surface area contributed by atoms with Crippen molar-refractivity contribution < 1.29 is 9.13 Å². The van der Waals surface area contributed by atoms with Crippen molar-refractivity contribution in [3.05, 3.63) is 35.6 Å². The molecular weight excluding hydrogens is 229 g/mol. The zero-order valence-electron chi connectivity index (χ0n) is 11.6. The number of hydrogen-bond donors (Lipinski definition) is 1. The van der Waals surface area contributed by atoms with Crippen LogP contribution in [0.15, 0.2) is 24.3 Å². The summed E-state index contributed by atoms with van der Waals surface area (Å²) >= 11 is 0. The van der Waals surface area contributed by atoms with Gasteiger partial charge in [-0.3, -0.25) is 0 Å². The maximum absolute atomic E-state index is 13.3. The third kappa shape index (κ3) is 6.12. The molecule has 1 unspecified atom stereocenters. The van der Waals surface area contributed by atoms with E-state index in [-0.39, 0.29) is 11.9 Å². The molecule has 0 aliphatic carbocycles. The molecule has 0 radical (unpaired) electrons. The molecule has 0 spiro atoms. The summed E-state index contributed by atoms with van der Waals surface area (Å²) in [5, 5.41) is 3.35. The van der Waals surface area contributed by atoms with Gasteiger partial charge in [-0.2, -0.15) is 0 Å². The van der Waals surface area contributed by atoms with Gasteiger partial charge < -0.3 is 10.1 Å². The van der Waals surface area contributed by atoms with E-state index in [1.165, 1.54) is 12.5 Å². The number of hydrogen-bond acceptors (Lipinski definition) is 2. The molecule has 0 amide bonds. The lowest BCUT2D eigenvalue weighted by Gasteiger charge is -2.15. The van der Waals surface area contributed by atoms with Crippen molar-refractivity contribution in [1.29, 1.82) is 0 Å². The Hall–Kier alpha value is -0.930. The Kier molecular flexibility index (Phi) is 6.91. The zero-order chi connectivity index (χ0) is 13.4. The highest BCUT2D eigenvalue weighted by Crippen LogP contribution is 2.08. The number of ether oxygens (including phenoxy) is 1. The topological polar surface area (TPSA) is 21.3 Å². The van der Waals surface area contributed by atoms with E-state index in [1.54, 1.807) is 12.1 Å². The minimum Gasteiger partial charge on any atom is -0.372 e. The molecule has 1 atom stereocenters. The van der Waals surface area contributed by atoms with Crippen molar-refractivity contribution in [3.63, 3.8) is 0 Å². The van der Waals surface area contributed by atoms with Crippen LogP contribution in [0.2, 0.25) is 0 Å². The maximum Gasteiger partial charge on any atom is 0.128 e. The van der Waals surface area contributed by atoms with Gasteiger partial charge in [0.15, 0.2) is 0 Å². The van der Waals surface area contributed by atoms with Crippen molar-refractivity contribution in [2.24, 2.45) is 5.92 Å². The molecule has 0 fully saturated rings. The first-order valence-corrected chi connectivity index (χ1v) is 6.65. The summed E-state index contributed by atoms with van der Waals surface area (Å²) in [7, 11) is 0. The van der Waals surface area contributed by atoms with Gasteiger partial charge in [0.1, 0.15) is 5.82 Å². The van der Waals surface area contributed by atoms with Crippen molar-refractivity contribution >= 4 is 0 Å². The molecular formula is C15H24FNO. The predicted molar refractivity (Wildman–Crippen MR) is 73.0 cm³/mol. The summed E-state index contributed by atoms with van der Waals surface area (Å²) in [5.74, 6) is 0.518. The van der Waals surface area contributed by atoms with Gasteiger partial charge >= 0.3 is 0 Å². The second-order valence-electron chi connectivity index (χ2n) is 5.10. The lowest BCUT2D eigenvalue weighted by molar-refractivity contribution is 0.0515. The fourth-order valence-electron chi connectivity index (χ4n) is 1.60. The molecule has 0 saturated carbocycles. The van der Waals surface area contributed by atoms with Crippen LogP contribution in [0.1, 0.15) is 32.8 Å². The van der Waals surface area contributed by atoms with E-state index in [0.29, 0.717) is 18.1 Å². The first-order chi connectivity index (χ1) is 8.59. The van der Waals surface area contributed by atoms with E-state index in [4.69, 9.17) is 4.74 Å². The molecule has 1 aromatic carbocycles. The summed E-state index contributed by atoms with van der Waals surface area (Å²) in [6.45, 7) is 8.56. The van der Waals surface area contributed by atoms with Crippen LogP contribution in [0, 0.1) is 11.7 Å². The van der Waals surface area contributed by atoms with E-state index in [2.05, 4.69) is 19.2 Å². The van der Waals surface area contributed by atoms with Gasteiger partial charge in [0.05, 0.1) is 12.7 Å². The fourth-order valence-corrected chi connectivity index (χ4v) is 1.60. The molecule has 0 aromatic heterocycles. The van der Waals surface area contributed by atoms with Gasteiger partial charge in [-0.15, -0.1) is 0 Å². The Morgan fingerprint density at radius 2 is 1.94 bits per heavy atom.